The van der Waals surface area contributed by atoms with E-state index in [1.807, 2.05) is 0 Å². The SMILES string of the molecule is Cc1nc(CN(C)S(=O)(=O)N2CCCCCC2)n[nH]1. The van der Waals surface area contributed by atoms with Crippen LogP contribution in [0.4, 0.5) is 0 Å². The molecule has 1 aliphatic heterocycles. The fraction of sp³-hybridized carbons (Fsp3) is 0.818. The molecule has 1 fully saturated rings. The van der Waals surface area contributed by atoms with Crippen LogP contribution in [0.5, 0.6) is 0 Å². The molecule has 0 saturated carbocycles. The highest BCUT2D eigenvalue weighted by molar-refractivity contribution is 7.86. The largest absolute Gasteiger partial charge is 0.282 e. The van der Waals surface area contributed by atoms with Gasteiger partial charge in [-0.25, -0.2) is 4.98 Å². The molecule has 1 saturated heterocycles. The zero-order valence-electron chi connectivity index (χ0n) is 11.5. The fourth-order valence-electron chi connectivity index (χ4n) is 2.21. The van der Waals surface area contributed by atoms with Gasteiger partial charge >= 0.3 is 0 Å². The number of aromatic amines is 1. The molecule has 0 unspecified atom stereocenters. The van der Waals surface area contributed by atoms with Gasteiger partial charge < -0.3 is 0 Å². The van der Waals surface area contributed by atoms with Crippen molar-refractivity contribution in [3.63, 3.8) is 0 Å². The van der Waals surface area contributed by atoms with E-state index in [0.29, 0.717) is 24.7 Å². The molecule has 0 radical (unpaired) electrons. The standard InChI is InChI=1S/C11H21N5O2S/c1-10-12-11(14-13-10)9-15(2)19(17,18)16-7-5-3-4-6-8-16/h3-9H2,1-2H3,(H,12,13,14). The van der Waals surface area contributed by atoms with Crippen molar-refractivity contribution in [1.82, 2.24) is 23.8 Å². The van der Waals surface area contributed by atoms with Crippen LogP contribution in [-0.4, -0.2) is 52.3 Å². The molecule has 0 bridgehead atoms. The molecule has 1 aliphatic rings. The second kappa shape index (κ2) is 5.98. The molecule has 0 amide bonds. The lowest BCUT2D eigenvalue weighted by molar-refractivity contribution is 0.360. The van der Waals surface area contributed by atoms with E-state index in [9.17, 15) is 8.42 Å². The fourth-order valence-corrected chi connectivity index (χ4v) is 3.60. The normalized spacial score (nSPS) is 18.7. The maximum Gasteiger partial charge on any atom is 0.282 e. The van der Waals surface area contributed by atoms with Crippen LogP contribution in [0.15, 0.2) is 0 Å². The summed E-state index contributed by atoms with van der Waals surface area (Å²) in [5.41, 5.74) is 0. The highest BCUT2D eigenvalue weighted by Gasteiger charge is 2.28. The minimum absolute atomic E-state index is 0.198. The number of nitrogens with one attached hydrogen (secondary N) is 1. The van der Waals surface area contributed by atoms with Gasteiger partial charge in [-0.05, 0) is 19.8 Å². The smallest absolute Gasteiger partial charge is 0.263 e. The summed E-state index contributed by atoms with van der Waals surface area (Å²) < 4.78 is 27.8. The van der Waals surface area contributed by atoms with Crippen molar-refractivity contribution in [2.75, 3.05) is 20.1 Å². The second-order valence-electron chi connectivity index (χ2n) is 4.91. The van der Waals surface area contributed by atoms with Gasteiger partial charge in [-0.3, -0.25) is 5.10 Å². The minimum atomic E-state index is -3.40. The average molecular weight is 287 g/mol. The molecule has 8 heteroatoms. The van der Waals surface area contributed by atoms with E-state index >= 15 is 0 Å². The molecule has 7 nitrogen and oxygen atoms in total. The van der Waals surface area contributed by atoms with Crippen LogP contribution in [0.3, 0.4) is 0 Å². The van der Waals surface area contributed by atoms with Gasteiger partial charge in [-0.15, -0.1) is 0 Å². The quantitative estimate of drug-likeness (QED) is 0.882. The molecular weight excluding hydrogens is 266 g/mol. The Morgan fingerprint density at radius 3 is 2.42 bits per heavy atom. The maximum atomic E-state index is 12.4. The molecule has 0 atom stereocenters. The van der Waals surface area contributed by atoms with Gasteiger partial charge in [0, 0.05) is 20.1 Å². The summed E-state index contributed by atoms with van der Waals surface area (Å²) in [6, 6.07) is 0. The summed E-state index contributed by atoms with van der Waals surface area (Å²) in [5.74, 6) is 1.19. The Hall–Kier alpha value is -0.990. The molecule has 0 spiro atoms. The summed E-state index contributed by atoms with van der Waals surface area (Å²) in [4.78, 5) is 4.14. The summed E-state index contributed by atoms with van der Waals surface area (Å²) >= 11 is 0. The first-order valence-electron chi connectivity index (χ1n) is 6.59. The van der Waals surface area contributed by atoms with Gasteiger partial charge in [0.2, 0.25) is 0 Å². The topological polar surface area (TPSA) is 82.2 Å². The number of rotatable bonds is 4. The number of nitrogens with zero attached hydrogens (tertiary/aromatic N) is 4. The van der Waals surface area contributed by atoms with E-state index in [4.69, 9.17) is 0 Å². The predicted molar refractivity (Wildman–Crippen MR) is 71.5 cm³/mol. The molecule has 0 aliphatic carbocycles. The Bertz CT molecular complexity index is 505. The van der Waals surface area contributed by atoms with Gasteiger partial charge in [0.25, 0.3) is 10.2 Å². The van der Waals surface area contributed by atoms with Crippen LogP contribution in [-0.2, 0) is 16.8 Å². The van der Waals surface area contributed by atoms with E-state index in [-0.39, 0.29) is 6.54 Å². The molecule has 2 heterocycles. The summed E-state index contributed by atoms with van der Waals surface area (Å²) in [7, 11) is -1.83. The zero-order chi connectivity index (χ0) is 13.9. The highest BCUT2D eigenvalue weighted by Crippen LogP contribution is 2.16. The van der Waals surface area contributed by atoms with E-state index < -0.39 is 10.2 Å². The van der Waals surface area contributed by atoms with E-state index in [2.05, 4.69) is 15.2 Å². The molecule has 108 valence electrons. The second-order valence-corrected chi connectivity index (χ2v) is 6.95. The van der Waals surface area contributed by atoms with Crippen LogP contribution in [0, 0.1) is 6.92 Å². The van der Waals surface area contributed by atoms with E-state index in [1.54, 1.807) is 18.3 Å². The third-order valence-electron chi connectivity index (χ3n) is 3.29. The molecule has 2 rings (SSSR count). The van der Waals surface area contributed by atoms with Crippen molar-refractivity contribution in [2.45, 2.75) is 39.2 Å². The molecular formula is C11H21N5O2S. The zero-order valence-corrected chi connectivity index (χ0v) is 12.3. The molecule has 0 aromatic carbocycles. The Morgan fingerprint density at radius 1 is 1.26 bits per heavy atom. The number of aryl methyl sites for hydroxylation is 1. The number of hydrogen-bond acceptors (Lipinski definition) is 4. The van der Waals surface area contributed by atoms with E-state index in [0.717, 1.165) is 25.7 Å². The van der Waals surface area contributed by atoms with Crippen molar-refractivity contribution >= 4 is 10.2 Å². The first-order valence-corrected chi connectivity index (χ1v) is 7.99. The Kier molecular flexibility index (Phi) is 4.54. The van der Waals surface area contributed by atoms with Gasteiger partial charge in [0.1, 0.15) is 5.82 Å². The van der Waals surface area contributed by atoms with E-state index in [1.165, 1.54) is 4.31 Å². The summed E-state index contributed by atoms with van der Waals surface area (Å²) in [6.45, 7) is 3.21. The third-order valence-corrected chi connectivity index (χ3v) is 5.23. The first-order chi connectivity index (χ1) is 9.00. The van der Waals surface area contributed by atoms with Crippen molar-refractivity contribution < 1.29 is 8.42 Å². The van der Waals surface area contributed by atoms with Gasteiger partial charge in [-0.2, -0.15) is 22.1 Å². The lowest BCUT2D eigenvalue weighted by Crippen LogP contribution is -2.42. The van der Waals surface area contributed by atoms with Crippen LogP contribution >= 0.6 is 0 Å². The molecule has 1 aromatic heterocycles. The lowest BCUT2D eigenvalue weighted by atomic mass is 10.2. The average Bonchev–Trinajstić information content (AvgIpc) is 2.63. The molecule has 1 aromatic rings. The van der Waals surface area contributed by atoms with Crippen molar-refractivity contribution in [3.8, 4) is 0 Å². The number of H-pyrrole nitrogens is 1. The number of aromatic nitrogens is 3. The van der Waals surface area contributed by atoms with Crippen molar-refractivity contribution in [2.24, 2.45) is 0 Å². The van der Waals surface area contributed by atoms with Gasteiger partial charge in [-0.1, -0.05) is 12.8 Å². The Morgan fingerprint density at radius 2 is 1.89 bits per heavy atom. The minimum Gasteiger partial charge on any atom is -0.263 e. The monoisotopic (exact) mass is 287 g/mol. The number of hydrogen-bond donors (Lipinski definition) is 1. The molecule has 19 heavy (non-hydrogen) atoms. The van der Waals surface area contributed by atoms with Crippen LogP contribution < -0.4 is 0 Å². The lowest BCUT2D eigenvalue weighted by Gasteiger charge is -2.25. The summed E-state index contributed by atoms with van der Waals surface area (Å²) in [5, 5.41) is 6.69. The molecule has 1 N–H and O–H groups in total. The van der Waals surface area contributed by atoms with Crippen LogP contribution in [0.1, 0.15) is 37.3 Å². The predicted octanol–water partition coefficient (Wildman–Crippen LogP) is 0.666. The van der Waals surface area contributed by atoms with Gasteiger partial charge in [0.15, 0.2) is 5.82 Å². The van der Waals surface area contributed by atoms with Crippen molar-refractivity contribution in [3.05, 3.63) is 11.6 Å². The maximum absolute atomic E-state index is 12.4. The Labute approximate surface area is 114 Å². The van der Waals surface area contributed by atoms with Crippen LogP contribution in [0.2, 0.25) is 0 Å². The Balaban J connectivity index is 2.05. The van der Waals surface area contributed by atoms with Gasteiger partial charge in [0.05, 0.1) is 6.54 Å². The van der Waals surface area contributed by atoms with Crippen LogP contribution in [0.25, 0.3) is 0 Å². The van der Waals surface area contributed by atoms with Crippen molar-refractivity contribution in [1.29, 1.82) is 0 Å². The summed E-state index contributed by atoms with van der Waals surface area (Å²) in [6.07, 6.45) is 4.09. The third kappa shape index (κ3) is 3.52. The highest BCUT2D eigenvalue weighted by atomic mass is 32.2. The first kappa shape index (κ1) is 14.4.